The Hall–Kier alpha value is -2.10. The normalized spacial score (nSPS) is 22.0. The van der Waals surface area contributed by atoms with E-state index in [-0.39, 0.29) is 11.9 Å². The molecular formula is C17H20N2O2. The fourth-order valence-corrected chi connectivity index (χ4v) is 2.96. The van der Waals surface area contributed by atoms with E-state index in [0.29, 0.717) is 6.04 Å². The lowest BCUT2D eigenvalue weighted by Gasteiger charge is -2.32. The van der Waals surface area contributed by atoms with Crippen LogP contribution in [0, 0.1) is 0 Å². The van der Waals surface area contributed by atoms with Crippen LogP contribution < -0.4 is 4.74 Å². The SMILES string of the molecule is CC(=O)c1ccc(OC2CCCCC2n2ccnc2)cc1. The fraction of sp³-hybridized carbons (Fsp3) is 0.412. The summed E-state index contributed by atoms with van der Waals surface area (Å²) < 4.78 is 8.31. The summed E-state index contributed by atoms with van der Waals surface area (Å²) in [6.45, 7) is 1.58. The maximum Gasteiger partial charge on any atom is 0.159 e. The van der Waals surface area contributed by atoms with E-state index in [1.165, 1.54) is 12.8 Å². The first-order valence-corrected chi connectivity index (χ1v) is 7.49. The van der Waals surface area contributed by atoms with Gasteiger partial charge in [-0.05, 0) is 50.5 Å². The van der Waals surface area contributed by atoms with E-state index in [4.69, 9.17) is 4.74 Å². The first-order valence-electron chi connectivity index (χ1n) is 7.49. The minimum atomic E-state index is 0.0792. The zero-order valence-electron chi connectivity index (χ0n) is 12.2. The molecule has 1 aliphatic rings. The molecule has 1 heterocycles. The number of rotatable bonds is 4. The quantitative estimate of drug-likeness (QED) is 0.805. The Balaban J connectivity index is 1.74. The number of nitrogens with zero attached hydrogens (tertiary/aromatic N) is 2. The van der Waals surface area contributed by atoms with Crippen molar-refractivity contribution in [1.82, 2.24) is 9.55 Å². The van der Waals surface area contributed by atoms with Gasteiger partial charge in [0.05, 0.1) is 12.4 Å². The second-order valence-corrected chi connectivity index (χ2v) is 5.60. The van der Waals surface area contributed by atoms with Gasteiger partial charge in [-0.2, -0.15) is 0 Å². The Morgan fingerprint density at radius 3 is 2.67 bits per heavy atom. The second-order valence-electron chi connectivity index (χ2n) is 5.60. The van der Waals surface area contributed by atoms with Gasteiger partial charge in [0.1, 0.15) is 11.9 Å². The predicted octanol–water partition coefficient (Wildman–Crippen LogP) is 3.65. The molecule has 2 aromatic rings. The number of ketones is 1. The number of hydrogen-bond acceptors (Lipinski definition) is 3. The van der Waals surface area contributed by atoms with Crippen molar-refractivity contribution in [2.45, 2.75) is 44.8 Å². The maximum absolute atomic E-state index is 11.3. The Bertz CT molecular complexity index is 590. The summed E-state index contributed by atoms with van der Waals surface area (Å²) in [6.07, 6.45) is 10.4. The van der Waals surface area contributed by atoms with E-state index in [9.17, 15) is 4.79 Å². The Labute approximate surface area is 124 Å². The van der Waals surface area contributed by atoms with E-state index in [2.05, 4.69) is 9.55 Å². The van der Waals surface area contributed by atoms with Crippen LogP contribution in [0.15, 0.2) is 43.0 Å². The molecule has 1 saturated carbocycles. The molecule has 0 amide bonds. The molecule has 1 aliphatic carbocycles. The molecule has 21 heavy (non-hydrogen) atoms. The molecule has 0 aliphatic heterocycles. The molecule has 0 spiro atoms. The van der Waals surface area contributed by atoms with Crippen molar-refractivity contribution < 1.29 is 9.53 Å². The average Bonchev–Trinajstić information content (AvgIpc) is 3.02. The van der Waals surface area contributed by atoms with Crippen molar-refractivity contribution >= 4 is 5.78 Å². The van der Waals surface area contributed by atoms with Crippen LogP contribution in [0.4, 0.5) is 0 Å². The summed E-state index contributed by atoms with van der Waals surface area (Å²) in [7, 11) is 0. The van der Waals surface area contributed by atoms with Crippen molar-refractivity contribution in [3.05, 3.63) is 48.5 Å². The van der Waals surface area contributed by atoms with Crippen molar-refractivity contribution in [3.63, 3.8) is 0 Å². The lowest BCUT2D eigenvalue weighted by molar-refractivity contribution is 0.0975. The fourth-order valence-electron chi connectivity index (χ4n) is 2.96. The molecule has 0 bridgehead atoms. The number of carbonyl (C=O) groups excluding carboxylic acids is 1. The van der Waals surface area contributed by atoms with Gasteiger partial charge in [-0.3, -0.25) is 4.79 Å². The number of aromatic nitrogens is 2. The molecule has 2 atom stereocenters. The first kappa shape index (κ1) is 13.9. The van der Waals surface area contributed by atoms with E-state index >= 15 is 0 Å². The highest BCUT2D eigenvalue weighted by molar-refractivity contribution is 5.94. The lowest BCUT2D eigenvalue weighted by atomic mass is 9.92. The molecule has 0 radical (unpaired) electrons. The van der Waals surface area contributed by atoms with Crippen molar-refractivity contribution in [3.8, 4) is 5.75 Å². The van der Waals surface area contributed by atoms with Gasteiger partial charge in [-0.15, -0.1) is 0 Å². The summed E-state index contributed by atoms with van der Waals surface area (Å²) in [5.41, 5.74) is 0.720. The van der Waals surface area contributed by atoms with Gasteiger partial charge in [0.2, 0.25) is 0 Å². The summed E-state index contributed by atoms with van der Waals surface area (Å²) in [5, 5.41) is 0. The number of carbonyl (C=O) groups is 1. The van der Waals surface area contributed by atoms with Gasteiger partial charge in [0, 0.05) is 18.0 Å². The van der Waals surface area contributed by atoms with Crippen LogP contribution >= 0.6 is 0 Å². The van der Waals surface area contributed by atoms with Crippen molar-refractivity contribution in [2.75, 3.05) is 0 Å². The first-order chi connectivity index (χ1) is 10.2. The molecule has 0 N–H and O–H groups in total. The number of hydrogen-bond donors (Lipinski definition) is 0. The Morgan fingerprint density at radius 1 is 1.24 bits per heavy atom. The zero-order chi connectivity index (χ0) is 14.7. The van der Waals surface area contributed by atoms with Crippen LogP contribution in [0.2, 0.25) is 0 Å². The van der Waals surface area contributed by atoms with E-state index < -0.39 is 0 Å². The Morgan fingerprint density at radius 2 is 2.00 bits per heavy atom. The van der Waals surface area contributed by atoms with Crippen LogP contribution in [0.25, 0.3) is 0 Å². The van der Waals surface area contributed by atoms with E-state index in [1.54, 1.807) is 6.92 Å². The molecule has 1 fully saturated rings. The summed E-state index contributed by atoms with van der Waals surface area (Å²) in [6, 6.07) is 7.76. The third-order valence-electron chi connectivity index (χ3n) is 4.12. The molecule has 110 valence electrons. The minimum absolute atomic E-state index is 0.0792. The highest BCUT2D eigenvalue weighted by atomic mass is 16.5. The monoisotopic (exact) mass is 284 g/mol. The summed E-state index contributed by atoms with van der Waals surface area (Å²) >= 11 is 0. The maximum atomic E-state index is 11.3. The van der Waals surface area contributed by atoms with Gasteiger partial charge in [-0.25, -0.2) is 4.98 Å². The van der Waals surface area contributed by atoms with Gasteiger partial charge in [0.25, 0.3) is 0 Å². The Kier molecular flexibility index (Phi) is 4.04. The minimum Gasteiger partial charge on any atom is -0.488 e. The smallest absolute Gasteiger partial charge is 0.159 e. The molecule has 2 unspecified atom stereocenters. The molecular weight excluding hydrogens is 264 g/mol. The third kappa shape index (κ3) is 3.15. The van der Waals surface area contributed by atoms with Gasteiger partial charge >= 0.3 is 0 Å². The number of imidazole rings is 1. The molecule has 0 saturated heterocycles. The van der Waals surface area contributed by atoms with Crippen LogP contribution in [0.3, 0.4) is 0 Å². The second kappa shape index (κ2) is 6.12. The third-order valence-corrected chi connectivity index (χ3v) is 4.12. The summed E-state index contributed by atoms with van der Waals surface area (Å²) in [5.74, 6) is 0.910. The van der Waals surface area contributed by atoms with Gasteiger partial charge < -0.3 is 9.30 Å². The molecule has 4 nitrogen and oxygen atoms in total. The number of ether oxygens (including phenoxy) is 1. The van der Waals surface area contributed by atoms with E-state index in [0.717, 1.165) is 24.2 Å². The highest BCUT2D eigenvalue weighted by Gasteiger charge is 2.27. The highest BCUT2D eigenvalue weighted by Crippen LogP contribution is 2.31. The largest absolute Gasteiger partial charge is 0.488 e. The van der Waals surface area contributed by atoms with Crippen LogP contribution in [0.5, 0.6) is 5.75 Å². The molecule has 4 heteroatoms. The predicted molar refractivity (Wildman–Crippen MR) is 80.6 cm³/mol. The topological polar surface area (TPSA) is 44.1 Å². The summed E-state index contributed by atoms with van der Waals surface area (Å²) in [4.78, 5) is 15.4. The lowest BCUT2D eigenvalue weighted by Crippen LogP contribution is -2.32. The van der Waals surface area contributed by atoms with Crippen LogP contribution in [-0.2, 0) is 0 Å². The van der Waals surface area contributed by atoms with Crippen molar-refractivity contribution in [2.24, 2.45) is 0 Å². The van der Waals surface area contributed by atoms with Crippen LogP contribution in [-0.4, -0.2) is 21.4 Å². The number of Topliss-reactive ketones (excluding diaryl/α,β-unsaturated/α-hetero) is 1. The standard InChI is InChI=1S/C17H20N2O2/c1-13(20)14-6-8-15(9-7-14)21-17-5-3-2-4-16(17)19-11-10-18-12-19/h6-12,16-17H,2-5H2,1H3. The zero-order valence-corrected chi connectivity index (χ0v) is 12.2. The molecule has 3 rings (SSSR count). The van der Waals surface area contributed by atoms with Crippen LogP contribution in [0.1, 0.15) is 49.0 Å². The average molecular weight is 284 g/mol. The van der Waals surface area contributed by atoms with Crippen molar-refractivity contribution in [1.29, 1.82) is 0 Å². The van der Waals surface area contributed by atoms with E-state index in [1.807, 2.05) is 43.0 Å². The van der Waals surface area contributed by atoms with Gasteiger partial charge in [0.15, 0.2) is 5.78 Å². The molecule has 1 aromatic carbocycles. The number of benzene rings is 1. The van der Waals surface area contributed by atoms with Gasteiger partial charge in [-0.1, -0.05) is 6.42 Å². The molecule has 1 aromatic heterocycles.